The van der Waals surface area contributed by atoms with Crippen molar-refractivity contribution in [2.75, 3.05) is 10.7 Å². The summed E-state index contributed by atoms with van der Waals surface area (Å²) in [5.41, 5.74) is 5.50. The van der Waals surface area contributed by atoms with E-state index in [0.717, 1.165) is 27.9 Å². The number of nitrogens with zero attached hydrogens (tertiary/aromatic N) is 5. The molecule has 2 heterocycles. The number of aromatic nitrogens is 4. The quantitative estimate of drug-likeness (QED) is 0.272. The molecule has 0 bridgehead atoms. The van der Waals surface area contributed by atoms with Gasteiger partial charge in [0, 0.05) is 23.6 Å². The Morgan fingerprint density at radius 1 is 1.15 bits per heavy atom. The molecule has 0 aliphatic carbocycles. The molecule has 0 aliphatic heterocycles. The van der Waals surface area contributed by atoms with Gasteiger partial charge in [-0.2, -0.15) is 0 Å². The number of thioether (sulfide) groups is 1. The van der Waals surface area contributed by atoms with Gasteiger partial charge < -0.3 is 5.84 Å². The Bertz CT molecular complexity index is 1290. The maximum Gasteiger partial charge on any atom is 0.230 e. The van der Waals surface area contributed by atoms with Crippen LogP contribution in [0, 0.1) is 20.8 Å². The van der Waals surface area contributed by atoms with Crippen molar-refractivity contribution in [3.8, 4) is 11.4 Å². The first kappa shape index (κ1) is 23.3. The van der Waals surface area contributed by atoms with Crippen molar-refractivity contribution in [2.24, 2.45) is 0 Å². The van der Waals surface area contributed by atoms with Gasteiger partial charge in [0.2, 0.25) is 11.1 Å². The number of benzene rings is 2. The zero-order valence-corrected chi connectivity index (χ0v) is 21.1. The van der Waals surface area contributed by atoms with Gasteiger partial charge in [-0.25, -0.2) is 9.66 Å². The minimum atomic E-state index is -0.151. The molecule has 0 saturated carbocycles. The summed E-state index contributed by atoms with van der Waals surface area (Å²) in [6, 6.07) is 11.8. The molecule has 0 radical (unpaired) electrons. The van der Waals surface area contributed by atoms with E-state index in [9.17, 15) is 4.79 Å². The third kappa shape index (κ3) is 4.90. The van der Waals surface area contributed by atoms with Crippen LogP contribution in [0.25, 0.3) is 11.4 Å². The lowest BCUT2D eigenvalue weighted by atomic mass is 10.1. The third-order valence-electron chi connectivity index (χ3n) is 4.99. The largest absolute Gasteiger partial charge is 0.335 e. The lowest BCUT2D eigenvalue weighted by Crippen LogP contribution is -2.24. The molecule has 0 atom stereocenters. The van der Waals surface area contributed by atoms with Crippen molar-refractivity contribution in [2.45, 2.75) is 38.6 Å². The average molecular weight is 499 g/mol. The average Bonchev–Trinajstić information content (AvgIpc) is 3.36. The molecule has 33 heavy (non-hydrogen) atoms. The first-order chi connectivity index (χ1) is 15.7. The Labute approximate surface area is 205 Å². The Balaban J connectivity index is 1.53. The standard InChI is InChI=1S/C23H23ClN6OS2/c1-13-5-7-17(8-6-13)21-27-28-23(30(21)25)33-12-18-11-32-22(26-18)29(16(4)31)20-15(3)9-14(2)10-19(20)24/h5-11H,12,25H2,1-4H3. The van der Waals surface area contributed by atoms with E-state index in [1.807, 2.05) is 62.5 Å². The number of anilines is 2. The molecular formula is C23H23ClN6OS2. The van der Waals surface area contributed by atoms with E-state index in [0.29, 0.717) is 32.6 Å². The number of carbonyl (C=O) groups excluding carboxylic acids is 1. The lowest BCUT2D eigenvalue weighted by molar-refractivity contribution is -0.115. The molecule has 10 heteroatoms. The first-order valence-electron chi connectivity index (χ1n) is 10.2. The highest BCUT2D eigenvalue weighted by molar-refractivity contribution is 7.98. The van der Waals surface area contributed by atoms with Crippen LogP contribution < -0.4 is 10.7 Å². The van der Waals surface area contributed by atoms with Crippen LogP contribution in [0.15, 0.2) is 46.9 Å². The van der Waals surface area contributed by atoms with Crippen molar-refractivity contribution in [3.63, 3.8) is 0 Å². The Morgan fingerprint density at radius 2 is 1.88 bits per heavy atom. The van der Waals surface area contributed by atoms with E-state index in [1.165, 1.54) is 34.7 Å². The molecule has 170 valence electrons. The number of nitrogens with two attached hydrogens (primary N) is 1. The molecule has 0 saturated heterocycles. The number of carbonyl (C=O) groups is 1. The Kier molecular flexibility index (Phi) is 6.73. The fourth-order valence-corrected chi connectivity index (χ4v) is 5.59. The van der Waals surface area contributed by atoms with Crippen LogP contribution in [0.2, 0.25) is 5.02 Å². The van der Waals surface area contributed by atoms with E-state index in [1.54, 1.807) is 4.90 Å². The molecule has 4 rings (SSSR count). The molecule has 1 amide bonds. The van der Waals surface area contributed by atoms with Crippen molar-refractivity contribution < 1.29 is 4.79 Å². The van der Waals surface area contributed by atoms with E-state index in [-0.39, 0.29) is 5.91 Å². The second-order valence-electron chi connectivity index (χ2n) is 7.72. The van der Waals surface area contributed by atoms with Crippen LogP contribution in [0.3, 0.4) is 0 Å². The number of hydrogen-bond acceptors (Lipinski definition) is 7. The molecule has 2 N–H and O–H groups in total. The maximum absolute atomic E-state index is 12.5. The fraction of sp³-hybridized carbons (Fsp3) is 0.217. The first-order valence-corrected chi connectivity index (χ1v) is 12.4. The summed E-state index contributed by atoms with van der Waals surface area (Å²) in [4.78, 5) is 18.8. The summed E-state index contributed by atoms with van der Waals surface area (Å²) in [6.45, 7) is 7.45. The number of thiazole rings is 1. The SMILES string of the molecule is CC(=O)N(c1nc(CSc2nnc(-c3ccc(C)cc3)n2N)cs1)c1c(C)cc(C)cc1Cl. The lowest BCUT2D eigenvalue weighted by Gasteiger charge is -2.22. The zero-order chi connectivity index (χ0) is 23.7. The minimum Gasteiger partial charge on any atom is -0.335 e. The monoisotopic (exact) mass is 498 g/mol. The van der Waals surface area contributed by atoms with Gasteiger partial charge in [-0.1, -0.05) is 59.3 Å². The second-order valence-corrected chi connectivity index (χ2v) is 9.91. The smallest absolute Gasteiger partial charge is 0.230 e. The van der Waals surface area contributed by atoms with E-state index >= 15 is 0 Å². The fourth-order valence-electron chi connectivity index (χ4n) is 3.46. The summed E-state index contributed by atoms with van der Waals surface area (Å²) in [5.74, 6) is 7.22. The van der Waals surface area contributed by atoms with Crippen LogP contribution in [0.1, 0.15) is 29.3 Å². The number of aryl methyl sites for hydroxylation is 3. The van der Waals surface area contributed by atoms with E-state index in [4.69, 9.17) is 17.4 Å². The van der Waals surface area contributed by atoms with Gasteiger partial charge in [0.25, 0.3) is 0 Å². The molecule has 2 aromatic carbocycles. The van der Waals surface area contributed by atoms with Gasteiger partial charge in [-0.3, -0.25) is 9.69 Å². The predicted molar refractivity (Wildman–Crippen MR) is 136 cm³/mol. The third-order valence-corrected chi connectivity index (χ3v) is 7.13. The number of amides is 1. The number of rotatable bonds is 6. The van der Waals surface area contributed by atoms with Gasteiger partial charge in [0.1, 0.15) is 0 Å². The van der Waals surface area contributed by atoms with Gasteiger partial charge in [0.15, 0.2) is 11.0 Å². The highest BCUT2D eigenvalue weighted by Gasteiger charge is 2.23. The molecule has 0 spiro atoms. The molecule has 4 aromatic rings. The van der Waals surface area contributed by atoms with Crippen LogP contribution in [-0.4, -0.2) is 25.8 Å². The molecule has 7 nitrogen and oxygen atoms in total. The number of hydrogen-bond donors (Lipinski definition) is 1. The van der Waals surface area contributed by atoms with E-state index < -0.39 is 0 Å². The zero-order valence-electron chi connectivity index (χ0n) is 18.7. The highest BCUT2D eigenvalue weighted by Crippen LogP contribution is 2.38. The van der Waals surface area contributed by atoms with Gasteiger partial charge in [-0.05, 0) is 38.0 Å². The van der Waals surface area contributed by atoms with Crippen LogP contribution in [0.5, 0.6) is 0 Å². The van der Waals surface area contributed by atoms with E-state index in [2.05, 4.69) is 15.2 Å². The summed E-state index contributed by atoms with van der Waals surface area (Å²) in [6.07, 6.45) is 0. The normalized spacial score (nSPS) is 11.1. The van der Waals surface area contributed by atoms with Gasteiger partial charge in [0.05, 0.1) is 16.4 Å². The topological polar surface area (TPSA) is 89.9 Å². The van der Waals surface area contributed by atoms with Crippen molar-refractivity contribution >= 4 is 51.4 Å². The Morgan fingerprint density at radius 3 is 2.55 bits per heavy atom. The second kappa shape index (κ2) is 9.54. The summed E-state index contributed by atoms with van der Waals surface area (Å²) < 4.78 is 1.49. The Hall–Kier alpha value is -2.88. The number of nitrogen functional groups attached to an aromatic ring is 1. The van der Waals surface area contributed by atoms with Crippen LogP contribution in [0.4, 0.5) is 10.8 Å². The molecule has 0 fully saturated rings. The van der Waals surface area contributed by atoms with Crippen LogP contribution in [-0.2, 0) is 10.5 Å². The molecule has 2 aromatic heterocycles. The number of halogens is 1. The van der Waals surface area contributed by atoms with Crippen molar-refractivity contribution in [3.05, 3.63) is 69.2 Å². The van der Waals surface area contributed by atoms with Crippen molar-refractivity contribution in [1.82, 2.24) is 19.9 Å². The van der Waals surface area contributed by atoms with Crippen molar-refractivity contribution in [1.29, 1.82) is 0 Å². The molecule has 0 unspecified atom stereocenters. The summed E-state index contributed by atoms with van der Waals surface area (Å²) >= 11 is 9.33. The van der Waals surface area contributed by atoms with Gasteiger partial charge in [-0.15, -0.1) is 21.5 Å². The summed E-state index contributed by atoms with van der Waals surface area (Å²) in [7, 11) is 0. The highest BCUT2D eigenvalue weighted by atomic mass is 35.5. The van der Waals surface area contributed by atoms with Crippen LogP contribution >= 0.6 is 34.7 Å². The minimum absolute atomic E-state index is 0.151. The maximum atomic E-state index is 12.5. The molecule has 0 aliphatic rings. The van der Waals surface area contributed by atoms with Gasteiger partial charge >= 0.3 is 0 Å². The predicted octanol–water partition coefficient (Wildman–Crippen LogP) is 5.67. The summed E-state index contributed by atoms with van der Waals surface area (Å²) in [5, 5.41) is 12.1. The molecular weight excluding hydrogens is 476 g/mol.